The van der Waals surface area contributed by atoms with E-state index in [1.54, 1.807) is 0 Å². The topological polar surface area (TPSA) is 186 Å². The summed E-state index contributed by atoms with van der Waals surface area (Å²) in [5, 5.41) is 30.9. The van der Waals surface area contributed by atoms with Gasteiger partial charge in [0.25, 0.3) is 10.1 Å². The predicted molar refractivity (Wildman–Crippen MR) is 233 cm³/mol. The van der Waals surface area contributed by atoms with Gasteiger partial charge in [0.15, 0.2) is 12.4 Å². The van der Waals surface area contributed by atoms with Crippen LogP contribution in [0.3, 0.4) is 0 Å². The summed E-state index contributed by atoms with van der Waals surface area (Å²) in [7, 11) is -4.60. The number of allylic oxidation sites excluding steroid dienone is 8. The molecule has 342 valence electrons. The summed E-state index contributed by atoms with van der Waals surface area (Å²) < 4.78 is 54.0. The predicted octanol–water partition coefficient (Wildman–Crippen LogP) is 9.17. The fraction of sp³-hybridized carbons (Fsp3) is 0.783. The Morgan fingerprint density at radius 1 is 0.593 bits per heavy atom. The third kappa shape index (κ3) is 31.2. The van der Waals surface area contributed by atoms with E-state index >= 15 is 0 Å². The molecule has 4 N–H and O–H groups in total. The lowest BCUT2D eigenvalue weighted by molar-refractivity contribution is -0.297. The molecule has 6 atom stereocenters. The van der Waals surface area contributed by atoms with E-state index in [4.69, 9.17) is 18.9 Å². The molecule has 0 radical (unpaired) electrons. The van der Waals surface area contributed by atoms with Crippen LogP contribution in [-0.4, -0.2) is 96.0 Å². The summed E-state index contributed by atoms with van der Waals surface area (Å²) in [5.74, 6) is -2.01. The van der Waals surface area contributed by atoms with Crippen LogP contribution in [0.4, 0.5) is 0 Å². The van der Waals surface area contributed by atoms with Gasteiger partial charge in [-0.2, -0.15) is 8.42 Å². The minimum atomic E-state index is -4.60. The number of hydrogen-bond acceptors (Lipinski definition) is 11. The zero-order valence-corrected chi connectivity index (χ0v) is 37.2. The van der Waals surface area contributed by atoms with Crippen LogP contribution in [0, 0.1) is 0 Å². The van der Waals surface area contributed by atoms with Crippen LogP contribution >= 0.6 is 0 Å². The Kier molecular flexibility index (Phi) is 33.6. The van der Waals surface area contributed by atoms with Crippen molar-refractivity contribution in [1.82, 2.24) is 0 Å². The highest BCUT2D eigenvalue weighted by molar-refractivity contribution is 7.85. The summed E-state index contributed by atoms with van der Waals surface area (Å²) in [6.07, 6.45) is 32.9. The van der Waals surface area contributed by atoms with Gasteiger partial charge in [0.1, 0.15) is 36.8 Å². The number of rotatable bonds is 37. The van der Waals surface area contributed by atoms with Crippen molar-refractivity contribution in [3.05, 3.63) is 48.6 Å². The zero-order valence-electron chi connectivity index (χ0n) is 36.3. The Morgan fingerprint density at radius 3 is 1.61 bits per heavy atom. The maximum Gasteiger partial charge on any atom is 0.306 e. The summed E-state index contributed by atoms with van der Waals surface area (Å²) >= 11 is 0. The summed E-state index contributed by atoms with van der Waals surface area (Å²) in [6.45, 7) is 3.62. The van der Waals surface area contributed by atoms with Gasteiger partial charge in [-0.3, -0.25) is 14.1 Å². The smallest absolute Gasteiger partial charge is 0.306 e. The zero-order chi connectivity index (χ0) is 43.4. The lowest BCUT2D eigenvalue weighted by Crippen LogP contribution is -2.60. The average molecular weight is 857 g/mol. The molecule has 59 heavy (non-hydrogen) atoms. The van der Waals surface area contributed by atoms with Gasteiger partial charge in [-0.25, -0.2) is 0 Å². The van der Waals surface area contributed by atoms with Crippen LogP contribution in [0.15, 0.2) is 48.6 Å². The molecule has 1 aliphatic rings. The van der Waals surface area contributed by atoms with Crippen molar-refractivity contribution in [2.45, 2.75) is 211 Å². The molecule has 1 heterocycles. The van der Waals surface area contributed by atoms with Gasteiger partial charge in [0.05, 0.1) is 6.61 Å². The molecule has 0 saturated carbocycles. The first kappa shape index (κ1) is 54.6. The lowest BCUT2D eigenvalue weighted by Gasteiger charge is -2.40. The fourth-order valence-corrected chi connectivity index (χ4v) is 7.32. The number of aliphatic hydroxyl groups is 3. The van der Waals surface area contributed by atoms with Gasteiger partial charge < -0.3 is 34.3 Å². The second-order valence-corrected chi connectivity index (χ2v) is 17.2. The molecular formula is C46H80O12S. The number of carbonyl (C=O) groups is 2. The Bertz CT molecular complexity index is 1280. The minimum absolute atomic E-state index is 0.150. The van der Waals surface area contributed by atoms with E-state index < -0.39 is 71.2 Å². The van der Waals surface area contributed by atoms with Crippen LogP contribution in [0.5, 0.6) is 0 Å². The SMILES string of the molecule is CC/C=C\C/C=C\C/C=C\CCCCCCCCCC(=O)OC(COC(=O)CCCCCCC/C=C\CCCCCCC)COC1OC(CS(=O)(=O)O)C(O)C(O)C1O. The van der Waals surface area contributed by atoms with Crippen molar-refractivity contribution in [1.29, 1.82) is 0 Å². The standard InChI is InChI=1S/C46H80O12S/c1-3-5-7-9-11-13-15-17-19-20-21-23-25-27-29-31-33-35-42(48)57-39(37-56-46-45(51)44(50)43(49)40(58-46)38-59(52,53)54)36-55-41(47)34-32-30-28-26-24-22-18-16-14-12-10-8-6-4-2/h5,7,11,13,16-19,39-40,43-46,49-51H,3-4,6,8-10,12,14-15,20-38H2,1-2H3,(H,52,53,54)/b7-5-,13-11-,18-16-,19-17-. The Hall–Kier alpha value is -2.39. The highest BCUT2D eigenvalue weighted by atomic mass is 32.2. The molecule has 1 aliphatic heterocycles. The van der Waals surface area contributed by atoms with Gasteiger partial charge in [0.2, 0.25) is 0 Å². The second-order valence-electron chi connectivity index (χ2n) is 15.7. The lowest BCUT2D eigenvalue weighted by atomic mass is 10.00. The van der Waals surface area contributed by atoms with Crippen molar-refractivity contribution in [3.63, 3.8) is 0 Å². The molecule has 6 unspecified atom stereocenters. The molecule has 0 amide bonds. The van der Waals surface area contributed by atoms with Crippen molar-refractivity contribution in [3.8, 4) is 0 Å². The Balaban J connectivity index is 2.46. The first-order chi connectivity index (χ1) is 28.5. The number of ether oxygens (including phenoxy) is 4. The van der Waals surface area contributed by atoms with Gasteiger partial charge in [0, 0.05) is 12.8 Å². The van der Waals surface area contributed by atoms with Gasteiger partial charge in [-0.1, -0.05) is 140 Å². The van der Waals surface area contributed by atoms with Crippen LogP contribution < -0.4 is 0 Å². The van der Waals surface area contributed by atoms with Crippen LogP contribution in [0.25, 0.3) is 0 Å². The molecule has 1 fully saturated rings. The van der Waals surface area contributed by atoms with Crippen molar-refractivity contribution in [2.24, 2.45) is 0 Å². The molecule has 12 nitrogen and oxygen atoms in total. The second kappa shape index (κ2) is 36.3. The molecular weight excluding hydrogens is 777 g/mol. The highest BCUT2D eigenvalue weighted by Crippen LogP contribution is 2.24. The molecule has 13 heteroatoms. The number of carbonyl (C=O) groups excluding carboxylic acids is 2. The number of aliphatic hydroxyl groups excluding tert-OH is 3. The normalized spacial score (nSPS) is 20.7. The van der Waals surface area contributed by atoms with E-state index in [1.807, 2.05) is 0 Å². The Morgan fingerprint density at radius 2 is 1.07 bits per heavy atom. The highest BCUT2D eigenvalue weighted by Gasteiger charge is 2.46. The first-order valence-electron chi connectivity index (χ1n) is 22.7. The van der Waals surface area contributed by atoms with Crippen molar-refractivity contribution >= 4 is 22.1 Å². The third-order valence-electron chi connectivity index (χ3n) is 10.1. The van der Waals surface area contributed by atoms with Crippen molar-refractivity contribution < 1.29 is 56.8 Å². The van der Waals surface area contributed by atoms with Crippen molar-refractivity contribution in [2.75, 3.05) is 19.0 Å². The number of esters is 2. The summed E-state index contributed by atoms with van der Waals surface area (Å²) in [6, 6.07) is 0. The maximum atomic E-state index is 12.8. The van der Waals surface area contributed by atoms with E-state index in [9.17, 15) is 37.9 Å². The van der Waals surface area contributed by atoms with Gasteiger partial charge in [-0.15, -0.1) is 0 Å². The van der Waals surface area contributed by atoms with Gasteiger partial charge >= 0.3 is 11.9 Å². The number of hydrogen-bond donors (Lipinski definition) is 4. The van der Waals surface area contributed by atoms with E-state index in [0.29, 0.717) is 12.8 Å². The first-order valence-corrected chi connectivity index (χ1v) is 24.3. The minimum Gasteiger partial charge on any atom is -0.462 e. The van der Waals surface area contributed by atoms with Crippen LogP contribution in [0.2, 0.25) is 0 Å². The van der Waals surface area contributed by atoms with E-state index in [2.05, 4.69) is 62.5 Å². The van der Waals surface area contributed by atoms with Gasteiger partial charge in [-0.05, 0) is 70.6 Å². The molecule has 0 bridgehead atoms. The summed E-state index contributed by atoms with van der Waals surface area (Å²) in [5.41, 5.74) is 0. The molecule has 0 aliphatic carbocycles. The monoisotopic (exact) mass is 857 g/mol. The molecule has 0 aromatic heterocycles. The number of unbranched alkanes of at least 4 members (excludes halogenated alkanes) is 17. The van der Waals surface area contributed by atoms with E-state index in [1.165, 1.54) is 32.1 Å². The average Bonchev–Trinajstić information content (AvgIpc) is 3.20. The molecule has 0 aromatic carbocycles. The Labute approximate surface area is 356 Å². The maximum absolute atomic E-state index is 12.8. The van der Waals surface area contributed by atoms with E-state index in [-0.39, 0.29) is 19.4 Å². The van der Waals surface area contributed by atoms with E-state index in [0.717, 1.165) is 103 Å². The summed E-state index contributed by atoms with van der Waals surface area (Å²) in [4.78, 5) is 25.4. The largest absolute Gasteiger partial charge is 0.462 e. The molecule has 1 rings (SSSR count). The quantitative estimate of drug-likeness (QED) is 0.0201. The fourth-order valence-electron chi connectivity index (χ4n) is 6.63. The van der Waals surface area contributed by atoms with Crippen LogP contribution in [0.1, 0.15) is 174 Å². The molecule has 0 aromatic rings. The third-order valence-corrected chi connectivity index (χ3v) is 10.9. The van der Waals surface area contributed by atoms with Crippen LogP contribution in [-0.2, 0) is 38.7 Å². The molecule has 1 saturated heterocycles. The molecule has 0 spiro atoms.